The molecule has 2 aromatic carbocycles. The van der Waals surface area contributed by atoms with Gasteiger partial charge in [-0.2, -0.15) is 0 Å². The lowest BCUT2D eigenvalue weighted by atomic mass is 9.97. The predicted molar refractivity (Wildman–Crippen MR) is 79.3 cm³/mol. The first kappa shape index (κ1) is 12.7. The number of aromatic amines is 2. The van der Waals surface area contributed by atoms with Crippen LogP contribution in [0.2, 0.25) is 0 Å². The van der Waals surface area contributed by atoms with Crippen LogP contribution < -0.4 is 17.2 Å². The number of nitrogens with two attached hydrogens (primary N) is 2. The number of benzene rings is 2. The summed E-state index contributed by atoms with van der Waals surface area (Å²) in [7, 11) is 0. The third kappa shape index (κ3) is 2.24. The van der Waals surface area contributed by atoms with Gasteiger partial charge in [-0.05, 0) is 28.8 Å². The average Bonchev–Trinajstić information content (AvgIpc) is 2.85. The van der Waals surface area contributed by atoms with Crippen LogP contribution in [0.15, 0.2) is 47.3 Å². The molecule has 0 saturated heterocycles. The molecule has 1 aromatic heterocycles. The highest BCUT2D eigenvalue weighted by Gasteiger charge is 2.10. The van der Waals surface area contributed by atoms with Crippen molar-refractivity contribution in [1.82, 2.24) is 9.97 Å². The zero-order valence-corrected chi connectivity index (χ0v) is 10.9. The van der Waals surface area contributed by atoms with Crippen LogP contribution in [-0.4, -0.2) is 9.97 Å². The summed E-state index contributed by atoms with van der Waals surface area (Å²) in [4.78, 5) is 16.7. The first-order chi connectivity index (χ1) is 9.67. The van der Waals surface area contributed by atoms with Gasteiger partial charge in [0.15, 0.2) is 0 Å². The van der Waals surface area contributed by atoms with Gasteiger partial charge < -0.3 is 21.4 Å². The van der Waals surface area contributed by atoms with Crippen molar-refractivity contribution in [3.05, 3.63) is 69.6 Å². The molecule has 0 aliphatic heterocycles. The number of H-pyrrole nitrogens is 2. The zero-order chi connectivity index (χ0) is 14.1. The average molecular weight is 268 g/mol. The molecule has 0 fully saturated rings. The Morgan fingerprint density at radius 1 is 1.00 bits per heavy atom. The molecule has 0 aliphatic rings. The Balaban J connectivity index is 2.02. The molecule has 3 rings (SSSR count). The first-order valence-electron chi connectivity index (χ1n) is 6.44. The number of nitrogens with one attached hydrogen (secondary N) is 2. The fourth-order valence-corrected chi connectivity index (χ4v) is 2.35. The molecule has 0 bridgehead atoms. The summed E-state index contributed by atoms with van der Waals surface area (Å²) in [5.74, 6) is 0. The Morgan fingerprint density at radius 2 is 1.75 bits per heavy atom. The molecule has 5 nitrogen and oxygen atoms in total. The van der Waals surface area contributed by atoms with Gasteiger partial charge in [-0.15, -0.1) is 0 Å². The molecular weight excluding hydrogens is 252 g/mol. The van der Waals surface area contributed by atoms with Gasteiger partial charge in [0.05, 0.1) is 17.1 Å². The summed E-state index contributed by atoms with van der Waals surface area (Å²) in [5.41, 5.74) is 16.3. The first-order valence-corrected chi connectivity index (χ1v) is 6.44. The predicted octanol–water partition coefficient (Wildman–Crippen LogP) is 1.36. The second-order valence-corrected chi connectivity index (χ2v) is 4.81. The number of fused-ring (bicyclic) bond motifs is 1. The zero-order valence-electron chi connectivity index (χ0n) is 10.9. The number of rotatable bonds is 3. The molecule has 0 aliphatic carbocycles. The largest absolute Gasteiger partial charge is 0.326 e. The van der Waals surface area contributed by atoms with E-state index in [1.165, 1.54) is 0 Å². The molecule has 0 spiro atoms. The topological polar surface area (TPSA) is 101 Å². The second-order valence-electron chi connectivity index (χ2n) is 4.81. The van der Waals surface area contributed by atoms with Gasteiger partial charge in [-0.25, -0.2) is 4.79 Å². The lowest BCUT2D eigenvalue weighted by Crippen LogP contribution is -2.12. The van der Waals surface area contributed by atoms with Crippen LogP contribution >= 0.6 is 0 Å². The van der Waals surface area contributed by atoms with E-state index in [0.717, 1.165) is 27.7 Å². The molecule has 0 saturated carbocycles. The van der Waals surface area contributed by atoms with Gasteiger partial charge in [0, 0.05) is 6.54 Å². The van der Waals surface area contributed by atoms with E-state index in [9.17, 15) is 4.79 Å². The molecule has 0 amide bonds. The Kier molecular flexibility index (Phi) is 3.14. The van der Waals surface area contributed by atoms with E-state index in [1.807, 2.05) is 42.5 Å². The van der Waals surface area contributed by atoms with Gasteiger partial charge in [0.25, 0.3) is 0 Å². The fraction of sp³-hybridized carbons (Fsp3) is 0.133. The maximum absolute atomic E-state index is 11.3. The molecule has 1 unspecified atom stereocenters. The van der Waals surface area contributed by atoms with Crippen LogP contribution in [-0.2, 0) is 6.54 Å². The van der Waals surface area contributed by atoms with Crippen LogP contribution in [0.3, 0.4) is 0 Å². The summed E-state index contributed by atoms with van der Waals surface area (Å²) < 4.78 is 0. The minimum Gasteiger partial charge on any atom is -0.326 e. The molecule has 102 valence electrons. The Morgan fingerprint density at radius 3 is 2.55 bits per heavy atom. The molecular formula is C15H16N4O. The van der Waals surface area contributed by atoms with Gasteiger partial charge in [0.1, 0.15) is 0 Å². The van der Waals surface area contributed by atoms with Crippen molar-refractivity contribution in [3.63, 3.8) is 0 Å². The van der Waals surface area contributed by atoms with Crippen LogP contribution in [0.1, 0.15) is 22.7 Å². The van der Waals surface area contributed by atoms with Gasteiger partial charge in [0.2, 0.25) is 0 Å². The highest BCUT2D eigenvalue weighted by Crippen LogP contribution is 2.22. The van der Waals surface area contributed by atoms with E-state index in [1.54, 1.807) is 0 Å². The lowest BCUT2D eigenvalue weighted by molar-refractivity contribution is 0.867. The minimum atomic E-state index is -0.246. The molecule has 6 N–H and O–H groups in total. The maximum Gasteiger partial charge on any atom is 0.323 e. The van der Waals surface area contributed by atoms with Crippen molar-refractivity contribution in [2.24, 2.45) is 11.5 Å². The summed E-state index contributed by atoms with van der Waals surface area (Å²) >= 11 is 0. The second kappa shape index (κ2) is 4.96. The SMILES string of the molecule is NCc1cccc(C(N)c2ccc3[nH]c(=O)[nH]c3c2)c1. The number of hydrogen-bond acceptors (Lipinski definition) is 3. The Bertz CT molecular complexity index is 803. The fourth-order valence-electron chi connectivity index (χ4n) is 2.35. The van der Waals surface area contributed by atoms with Crippen molar-refractivity contribution in [3.8, 4) is 0 Å². The van der Waals surface area contributed by atoms with Crippen LogP contribution in [0.5, 0.6) is 0 Å². The molecule has 3 aromatic rings. The van der Waals surface area contributed by atoms with Crippen molar-refractivity contribution in [2.75, 3.05) is 0 Å². The lowest BCUT2D eigenvalue weighted by Gasteiger charge is -2.13. The van der Waals surface area contributed by atoms with Crippen molar-refractivity contribution in [1.29, 1.82) is 0 Å². The van der Waals surface area contributed by atoms with Crippen LogP contribution in [0.25, 0.3) is 11.0 Å². The number of aromatic nitrogens is 2. The molecule has 1 atom stereocenters. The standard InChI is InChI=1S/C15H16N4O/c16-8-9-2-1-3-10(6-9)14(17)11-4-5-12-13(7-11)19-15(20)18-12/h1-7,14H,8,16-17H2,(H2,18,19,20). The van der Waals surface area contributed by atoms with Gasteiger partial charge in [-0.1, -0.05) is 30.3 Å². The summed E-state index contributed by atoms with van der Waals surface area (Å²) in [6.45, 7) is 0.491. The third-order valence-electron chi connectivity index (χ3n) is 3.44. The van der Waals surface area contributed by atoms with E-state index in [0.29, 0.717) is 6.54 Å². The van der Waals surface area contributed by atoms with E-state index >= 15 is 0 Å². The molecule has 20 heavy (non-hydrogen) atoms. The van der Waals surface area contributed by atoms with Gasteiger partial charge in [-0.3, -0.25) is 0 Å². The molecule has 0 radical (unpaired) electrons. The Hall–Kier alpha value is -2.37. The summed E-state index contributed by atoms with van der Waals surface area (Å²) in [6, 6.07) is 13.3. The number of imidazole rings is 1. The van der Waals surface area contributed by atoms with Gasteiger partial charge >= 0.3 is 5.69 Å². The maximum atomic E-state index is 11.3. The van der Waals surface area contributed by atoms with Crippen molar-refractivity contribution >= 4 is 11.0 Å². The van der Waals surface area contributed by atoms with E-state index in [4.69, 9.17) is 11.5 Å². The number of hydrogen-bond donors (Lipinski definition) is 4. The highest BCUT2D eigenvalue weighted by atomic mass is 16.1. The van der Waals surface area contributed by atoms with Crippen LogP contribution in [0.4, 0.5) is 0 Å². The van der Waals surface area contributed by atoms with E-state index in [2.05, 4.69) is 9.97 Å². The van der Waals surface area contributed by atoms with Crippen LogP contribution in [0, 0.1) is 0 Å². The monoisotopic (exact) mass is 268 g/mol. The van der Waals surface area contributed by atoms with E-state index < -0.39 is 0 Å². The normalized spacial score (nSPS) is 12.7. The molecule has 1 heterocycles. The highest BCUT2D eigenvalue weighted by molar-refractivity contribution is 5.75. The van der Waals surface area contributed by atoms with E-state index in [-0.39, 0.29) is 11.7 Å². The molecule has 5 heteroatoms. The quantitative estimate of drug-likeness (QED) is 0.577. The smallest absolute Gasteiger partial charge is 0.323 e. The summed E-state index contributed by atoms with van der Waals surface area (Å²) in [6.07, 6.45) is 0. The van der Waals surface area contributed by atoms with Crippen molar-refractivity contribution in [2.45, 2.75) is 12.6 Å². The van der Waals surface area contributed by atoms with Crippen molar-refractivity contribution < 1.29 is 0 Å². The minimum absolute atomic E-state index is 0.212. The Labute approximate surface area is 115 Å². The summed E-state index contributed by atoms with van der Waals surface area (Å²) in [5, 5.41) is 0. The third-order valence-corrected chi connectivity index (χ3v) is 3.44.